The Hall–Kier alpha value is -2.58. The van der Waals surface area contributed by atoms with Crippen LogP contribution in [0, 0.1) is 22.7 Å². The second kappa shape index (κ2) is 9.82. The second-order valence-electron chi connectivity index (χ2n) is 10.4. The zero-order valence-electron chi connectivity index (χ0n) is 20.4. The SMILES string of the molecule is C[C@@]12C(=CC(=O)C=C1OC(=O)CCO)CCC1=C2CC[C@]2(C)[C@@H](C(=O)COC(=O)CCO)CC[C@@H]12. The molecule has 4 rings (SSSR count). The monoisotopic (exact) mass is 486 g/mol. The highest BCUT2D eigenvalue weighted by Crippen LogP contribution is 2.64. The van der Waals surface area contributed by atoms with Crippen molar-refractivity contribution in [2.24, 2.45) is 22.7 Å². The molecule has 4 aliphatic rings. The van der Waals surface area contributed by atoms with E-state index in [-0.39, 0.29) is 61.5 Å². The molecule has 2 N–H and O–H groups in total. The molecule has 8 nitrogen and oxygen atoms in total. The zero-order chi connectivity index (χ0) is 25.4. The van der Waals surface area contributed by atoms with Gasteiger partial charge in [0.15, 0.2) is 11.6 Å². The lowest BCUT2D eigenvalue weighted by Gasteiger charge is -2.50. The van der Waals surface area contributed by atoms with Crippen LogP contribution in [0.3, 0.4) is 0 Å². The number of hydrogen-bond donors (Lipinski definition) is 2. The minimum Gasteiger partial charge on any atom is -0.458 e. The molecule has 0 aromatic carbocycles. The van der Waals surface area contributed by atoms with Crippen LogP contribution in [0.1, 0.15) is 65.2 Å². The summed E-state index contributed by atoms with van der Waals surface area (Å²) in [6, 6.07) is 0. The van der Waals surface area contributed by atoms with Crippen molar-refractivity contribution in [2.45, 2.75) is 65.2 Å². The van der Waals surface area contributed by atoms with E-state index >= 15 is 0 Å². The number of allylic oxidation sites excluding steroid dienone is 4. The molecule has 0 radical (unpaired) electrons. The summed E-state index contributed by atoms with van der Waals surface area (Å²) in [5.74, 6) is -1.10. The van der Waals surface area contributed by atoms with Gasteiger partial charge in [-0.3, -0.25) is 19.2 Å². The van der Waals surface area contributed by atoms with Gasteiger partial charge < -0.3 is 19.7 Å². The van der Waals surface area contributed by atoms with Gasteiger partial charge in [0.05, 0.1) is 31.5 Å². The third-order valence-corrected chi connectivity index (χ3v) is 8.67. The van der Waals surface area contributed by atoms with E-state index in [1.54, 1.807) is 6.08 Å². The molecular formula is C27H34O8. The molecule has 0 aromatic heterocycles. The molecule has 1 fully saturated rings. The van der Waals surface area contributed by atoms with Crippen LogP contribution >= 0.6 is 0 Å². The number of carbonyl (C=O) groups is 4. The largest absolute Gasteiger partial charge is 0.458 e. The molecule has 1 saturated carbocycles. The number of Topliss-reactive ketones (excluding diaryl/α,β-unsaturated/α-hetero) is 1. The standard InChI is InChI=1S/C27H34O8/c1-26-10-7-20-18(19(26)5-6-21(26)22(31)15-34-24(32)8-11-28)4-3-16-13-17(30)14-23(27(16,20)2)35-25(33)9-12-29/h13-14,19,21,28-29H,3-12,15H2,1-2H3/t19-,21+,26-,27-/m0/s1. The first-order valence-electron chi connectivity index (χ1n) is 12.5. The van der Waals surface area contributed by atoms with Crippen LogP contribution in [0.5, 0.6) is 0 Å². The highest BCUT2D eigenvalue weighted by Gasteiger charge is 2.56. The normalized spacial score (nSPS) is 31.6. The first kappa shape index (κ1) is 25.5. The maximum atomic E-state index is 13.0. The summed E-state index contributed by atoms with van der Waals surface area (Å²) < 4.78 is 10.7. The molecular weight excluding hydrogens is 452 g/mol. The maximum Gasteiger partial charge on any atom is 0.313 e. The summed E-state index contributed by atoms with van der Waals surface area (Å²) in [4.78, 5) is 49.3. The van der Waals surface area contributed by atoms with Crippen molar-refractivity contribution in [3.05, 3.63) is 34.6 Å². The first-order chi connectivity index (χ1) is 16.6. The molecule has 0 heterocycles. The van der Waals surface area contributed by atoms with Gasteiger partial charge in [0, 0.05) is 12.0 Å². The second-order valence-corrected chi connectivity index (χ2v) is 10.4. The lowest BCUT2D eigenvalue weighted by Crippen LogP contribution is -2.43. The van der Waals surface area contributed by atoms with Crippen LogP contribution in [0.25, 0.3) is 0 Å². The summed E-state index contributed by atoms with van der Waals surface area (Å²) in [5, 5.41) is 18.0. The third kappa shape index (κ3) is 4.42. The van der Waals surface area contributed by atoms with Crippen molar-refractivity contribution < 1.29 is 38.9 Å². The van der Waals surface area contributed by atoms with Gasteiger partial charge in [0.25, 0.3) is 0 Å². The molecule has 35 heavy (non-hydrogen) atoms. The number of esters is 2. The number of carbonyl (C=O) groups excluding carboxylic acids is 4. The number of hydrogen-bond acceptors (Lipinski definition) is 8. The fourth-order valence-corrected chi connectivity index (χ4v) is 6.88. The molecule has 8 heteroatoms. The lowest BCUT2D eigenvalue weighted by molar-refractivity contribution is -0.150. The van der Waals surface area contributed by atoms with Gasteiger partial charge in [0.2, 0.25) is 0 Å². The Morgan fingerprint density at radius 1 is 1.00 bits per heavy atom. The Kier molecular flexibility index (Phi) is 7.16. The lowest BCUT2D eigenvalue weighted by atomic mass is 9.54. The van der Waals surface area contributed by atoms with Crippen molar-refractivity contribution >= 4 is 23.5 Å². The van der Waals surface area contributed by atoms with Gasteiger partial charge >= 0.3 is 11.9 Å². The van der Waals surface area contributed by atoms with Crippen molar-refractivity contribution in [3.63, 3.8) is 0 Å². The highest BCUT2D eigenvalue weighted by molar-refractivity contribution is 6.02. The summed E-state index contributed by atoms with van der Waals surface area (Å²) in [6.07, 6.45) is 7.33. The number of aliphatic hydroxyl groups is 2. The average Bonchev–Trinajstić information content (AvgIpc) is 3.16. The summed E-state index contributed by atoms with van der Waals surface area (Å²) in [5.41, 5.74) is 2.48. The van der Waals surface area contributed by atoms with Crippen molar-refractivity contribution in [3.8, 4) is 0 Å². The topological polar surface area (TPSA) is 127 Å². The molecule has 0 amide bonds. The zero-order valence-corrected chi connectivity index (χ0v) is 20.4. The summed E-state index contributed by atoms with van der Waals surface area (Å²) in [6.45, 7) is 3.28. The molecule has 190 valence electrons. The molecule has 0 saturated heterocycles. The van der Waals surface area contributed by atoms with Crippen LogP contribution < -0.4 is 0 Å². The molecule has 0 spiro atoms. The van der Waals surface area contributed by atoms with E-state index in [9.17, 15) is 19.2 Å². The van der Waals surface area contributed by atoms with Crippen molar-refractivity contribution in [1.29, 1.82) is 0 Å². The average molecular weight is 487 g/mol. The van der Waals surface area contributed by atoms with Gasteiger partial charge in [-0.25, -0.2) is 0 Å². The Morgan fingerprint density at radius 2 is 1.71 bits per heavy atom. The van der Waals surface area contributed by atoms with E-state index < -0.39 is 17.4 Å². The quantitative estimate of drug-likeness (QED) is 0.396. The first-order valence-corrected chi connectivity index (χ1v) is 12.5. The van der Waals surface area contributed by atoms with Gasteiger partial charge in [-0.2, -0.15) is 0 Å². The number of ketones is 2. The van der Waals surface area contributed by atoms with E-state index in [1.165, 1.54) is 17.2 Å². The van der Waals surface area contributed by atoms with Gasteiger partial charge in [-0.1, -0.05) is 18.1 Å². The van der Waals surface area contributed by atoms with Crippen LogP contribution in [-0.4, -0.2) is 53.5 Å². The molecule has 4 aliphatic carbocycles. The van der Waals surface area contributed by atoms with Crippen LogP contribution in [0.2, 0.25) is 0 Å². The Bertz CT molecular complexity index is 1030. The maximum absolute atomic E-state index is 13.0. The highest BCUT2D eigenvalue weighted by atomic mass is 16.5. The van der Waals surface area contributed by atoms with E-state index in [4.69, 9.17) is 19.7 Å². The van der Waals surface area contributed by atoms with Crippen molar-refractivity contribution in [1.82, 2.24) is 0 Å². The number of ether oxygens (including phenoxy) is 2. The predicted molar refractivity (Wildman–Crippen MR) is 125 cm³/mol. The molecule has 4 atom stereocenters. The minimum atomic E-state index is -0.685. The summed E-state index contributed by atoms with van der Waals surface area (Å²) >= 11 is 0. The fraction of sp³-hybridized carbons (Fsp3) is 0.630. The predicted octanol–water partition coefficient (Wildman–Crippen LogP) is 2.72. The van der Waals surface area contributed by atoms with Crippen LogP contribution in [0.15, 0.2) is 34.6 Å². The van der Waals surface area contributed by atoms with E-state index in [0.717, 1.165) is 31.3 Å². The Balaban J connectivity index is 1.61. The third-order valence-electron chi connectivity index (χ3n) is 8.67. The van der Waals surface area contributed by atoms with E-state index in [2.05, 4.69) is 6.92 Å². The number of fused-ring (bicyclic) bond motifs is 4. The molecule has 0 bridgehead atoms. The van der Waals surface area contributed by atoms with Crippen LogP contribution in [0.4, 0.5) is 0 Å². The van der Waals surface area contributed by atoms with Gasteiger partial charge in [-0.15, -0.1) is 0 Å². The van der Waals surface area contributed by atoms with Gasteiger partial charge in [-0.05, 0) is 68.4 Å². The smallest absolute Gasteiger partial charge is 0.313 e. The molecule has 0 unspecified atom stereocenters. The Morgan fingerprint density at radius 3 is 2.43 bits per heavy atom. The number of aliphatic hydroxyl groups excluding tert-OH is 2. The van der Waals surface area contributed by atoms with E-state index in [1.807, 2.05) is 6.92 Å². The van der Waals surface area contributed by atoms with Gasteiger partial charge in [0.1, 0.15) is 12.4 Å². The van der Waals surface area contributed by atoms with Crippen LogP contribution in [-0.2, 0) is 28.7 Å². The molecule has 0 aromatic rings. The van der Waals surface area contributed by atoms with E-state index in [0.29, 0.717) is 18.6 Å². The Labute approximate surface area is 205 Å². The minimum absolute atomic E-state index is 0.0743. The van der Waals surface area contributed by atoms with Crippen molar-refractivity contribution in [2.75, 3.05) is 19.8 Å². The number of rotatable bonds is 8. The molecule has 0 aliphatic heterocycles. The fourth-order valence-electron chi connectivity index (χ4n) is 6.88. The summed E-state index contributed by atoms with van der Waals surface area (Å²) in [7, 11) is 0.